The van der Waals surface area contributed by atoms with Crippen LogP contribution in [0.3, 0.4) is 0 Å². The highest BCUT2D eigenvalue weighted by Crippen LogP contribution is 2.28. The average molecular weight is 561 g/mol. The number of nitrogens with one attached hydrogen (secondary N) is 3. The normalized spacial score (nSPS) is 19.7. The molecule has 1 saturated carbocycles. The van der Waals surface area contributed by atoms with Gasteiger partial charge in [-0.05, 0) is 56.7 Å². The molecule has 0 radical (unpaired) electrons. The molecule has 1 amide bonds. The van der Waals surface area contributed by atoms with Gasteiger partial charge in [0.2, 0.25) is 0 Å². The SMILES string of the molecule is NC1CCC(Nc2cc(Nc3cccc(N4CCC(O)CC4)n3)c3ncc(C(=O)Nc4ccncc4F)n3n2)CC1. The van der Waals surface area contributed by atoms with Gasteiger partial charge < -0.3 is 31.7 Å². The number of nitrogens with two attached hydrogens (primary N) is 1. The summed E-state index contributed by atoms with van der Waals surface area (Å²) in [5, 5.41) is 24.0. The topological polar surface area (TPSA) is 159 Å². The zero-order valence-electron chi connectivity index (χ0n) is 22.5. The lowest BCUT2D eigenvalue weighted by molar-refractivity contribution is 0.102. The first kappa shape index (κ1) is 26.8. The van der Waals surface area contributed by atoms with Crippen LogP contribution in [0.4, 0.5) is 33.2 Å². The van der Waals surface area contributed by atoms with Crippen LogP contribution in [0.15, 0.2) is 48.9 Å². The maximum Gasteiger partial charge on any atom is 0.276 e. The summed E-state index contributed by atoms with van der Waals surface area (Å²) in [6.07, 6.45) is 8.65. The Hall–Kier alpha value is -4.36. The Labute approximate surface area is 236 Å². The highest BCUT2D eigenvalue weighted by Gasteiger charge is 2.23. The van der Waals surface area contributed by atoms with E-state index in [1.54, 1.807) is 0 Å². The molecule has 1 aliphatic carbocycles. The number of imidazole rings is 1. The highest BCUT2D eigenvalue weighted by atomic mass is 19.1. The second-order valence-corrected chi connectivity index (χ2v) is 10.6. The lowest BCUT2D eigenvalue weighted by Crippen LogP contribution is -2.36. The number of aromatic nitrogens is 5. The third kappa shape index (κ3) is 6.05. The van der Waals surface area contributed by atoms with E-state index in [0.717, 1.165) is 50.8 Å². The molecule has 6 rings (SSSR count). The van der Waals surface area contributed by atoms with E-state index in [1.807, 2.05) is 24.3 Å². The summed E-state index contributed by atoms with van der Waals surface area (Å²) in [4.78, 5) is 28.4. The number of fused-ring (bicyclic) bond motifs is 1. The van der Waals surface area contributed by atoms with Gasteiger partial charge in [-0.2, -0.15) is 0 Å². The van der Waals surface area contributed by atoms with Crippen molar-refractivity contribution in [2.24, 2.45) is 5.73 Å². The van der Waals surface area contributed by atoms with Crippen LogP contribution in [0.5, 0.6) is 0 Å². The average Bonchev–Trinajstić information content (AvgIpc) is 3.41. The summed E-state index contributed by atoms with van der Waals surface area (Å²) in [6, 6.07) is 9.37. The second kappa shape index (κ2) is 11.6. The van der Waals surface area contributed by atoms with Gasteiger partial charge in [0.05, 0.1) is 29.9 Å². The molecule has 0 unspecified atom stereocenters. The zero-order valence-corrected chi connectivity index (χ0v) is 22.5. The molecule has 0 atom stereocenters. The number of anilines is 5. The van der Waals surface area contributed by atoms with Crippen molar-refractivity contribution in [1.29, 1.82) is 0 Å². The molecule has 5 heterocycles. The van der Waals surface area contributed by atoms with Crippen molar-refractivity contribution in [3.05, 3.63) is 60.4 Å². The van der Waals surface area contributed by atoms with E-state index in [0.29, 0.717) is 35.8 Å². The molecule has 4 aromatic rings. The third-order valence-corrected chi connectivity index (χ3v) is 7.63. The Morgan fingerprint density at radius 2 is 1.83 bits per heavy atom. The van der Waals surface area contributed by atoms with Crippen molar-refractivity contribution in [2.75, 3.05) is 33.9 Å². The lowest BCUT2D eigenvalue weighted by atomic mass is 9.92. The number of nitrogens with zero attached hydrogens (tertiary/aromatic N) is 6. The minimum absolute atomic E-state index is 0.0115. The van der Waals surface area contributed by atoms with E-state index >= 15 is 0 Å². The van der Waals surface area contributed by atoms with Gasteiger partial charge in [0.1, 0.15) is 17.5 Å². The number of aliphatic hydroxyl groups excluding tert-OH is 1. The number of carbonyl (C=O) groups excluding carboxylic acids is 1. The van der Waals surface area contributed by atoms with Crippen LogP contribution in [0.25, 0.3) is 5.65 Å². The molecule has 1 saturated heterocycles. The number of carbonyl (C=O) groups is 1. The van der Waals surface area contributed by atoms with Crippen LogP contribution >= 0.6 is 0 Å². The van der Waals surface area contributed by atoms with Crippen molar-refractivity contribution in [3.63, 3.8) is 0 Å². The largest absolute Gasteiger partial charge is 0.393 e. The zero-order chi connectivity index (χ0) is 28.3. The Kier molecular flexibility index (Phi) is 7.61. The van der Waals surface area contributed by atoms with Crippen LogP contribution in [0, 0.1) is 5.82 Å². The van der Waals surface area contributed by atoms with Crippen molar-refractivity contribution >= 4 is 40.4 Å². The summed E-state index contributed by atoms with van der Waals surface area (Å²) in [5.41, 5.74) is 7.26. The van der Waals surface area contributed by atoms with Crippen molar-refractivity contribution < 1.29 is 14.3 Å². The number of amides is 1. The predicted molar refractivity (Wildman–Crippen MR) is 154 cm³/mol. The van der Waals surface area contributed by atoms with E-state index in [2.05, 4.69) is 35.9 Å². The number of piperidine rings is 1. The number of hydrogen-bond acceptors (Lipinski definition) is 10. The monoisotopic (exact) mass is 560 g/mol. The first-order chi connectivity index (χ1) is 19.9. The van der Waals surface area contributed by atoms with Gasteiger partial charge >= 0.3 is 0 Å². The van der Waals surface area contributed by atoms with Crippen LogP contribution < -0.4 is 26.6 Å². The van der Waals surface area contributed by atoms with Gasteiger partial charge in [0, 0.05) is 37.4 Å². The molecule has 1 aliphatic heterocycles. The minimum atomic E-state index is -0.642. The molecule has 12 nitrogen and oxygen atoms in total. The Morgan fingerprint density at radius 1 is 1.02 bits per heavy atom. The Morgan fingerprint density at radius 3 is 2.61 bits per heavy atom. The standard InChI is InChI=1S/C28H33FN10O2/c29-20-15-31-11-8-21(20)35-28(41)23-16-32-27-22(14-25(37-39(23)27)33-18-6-4-17(30)5-7-18)34-24-2-1-3-26(36-24)38-12-9-19(40)10-13-38/h1-3,8,11,14-19,40H,4-7,9-10,12-13,30H2,(H,33,37)(H,34,36)(H,31,35,41). The molecule has 41 heavy (non-hydrogen) atoms. The third-order valence-electron chi connectivity index (χ3n) is 7.63. The molecule has 0 spiro atoms. The fraction of sp³-hybridized carbons (Fsp3) is 0.393. The predicted octanol–water partition coefficient (Wildman–Crippen LogP) is 3.30. The number of pyridine rings is 2. The second-order valence-electron chi connectivity index (χ2n) is 10.6. The number of hydrogen-bond donors (Lipinski definition) is 5. The van der Waals surface area contributed by atoms with Gasteiger partial charge in [0.15, 0.2) is 17.2 Å². The fourth-order valence-corrected chi connectivity index (χ4v) is 5.32. The van der Waals surface area contributed by atoms with Crippen molar-refractivity contribution in [1.82, 2.24) is 24.6 Å². The van der Waals surface area contributed by atoms with Gasteiger partial charge in [-0.25, -0.2) is 18.9 Å². The van der Waals surface area contributed by atoms with Crippen LogP contribution in [-0.4, -0.2) is 66.9 Å². The molecule has 4 aromatic heterocycles. The molecule has 6 N–H and O–H groups in total. The lowest BCUT2D eigenvalue weighted by Gasteiger charge is -2.30. The quantitative estimate of drug-likeness (QED) is 0.227. The summed E-state index contributed by atoms with van der Waals surface area (Å²) < 4.78 is 15.6. The Balaban J connectivity index is 1.32. The smallest absolute Gasteiger partial charge is 0.276 e. The van der Waals surface area contributed by atoms with Crippen LogP contribution in [0.1, 0.15) is 49.0 Å². The molecule has 2 aliphatic rings. The van der Waals surface area contributed by atoms with E-state index in [9.17, 15) is 14.3 Å². The number of rotatable bonds is 7. The molecular formula is C28H33FN10O2. The maximum atomic E-state index is 14.2. The summed E-state index contributed by atoms with van der Waals surface area (Å²) in [7, 11) is 0. The van der Waals surface area contributed by atoms with Crippen LogP contribution in [-0.2, 0) is 0 Å². The molecule has 0 aromatic carbocycles. The molecular weight excluding hydrogens is 527 g/mol. The first-order valence-electron chi connectivity index (χ1n) is 13.9. The van der Waals surface area contributed by atoms with Crippen molar-refractivity contribution in [3.8, 4) is 0 Å². The summed E-state index contributed by atoms with van der Waals surface area (Å²) >= 11 is 0. The van der Waals surface area contributed by atoms with Gasteiger partial charge in [-0.15, -0.1) is 5.10 Å². The summed E-state index contributed by atoms with van der Waals surface area (Å²) in [6.45, 7) is 1.46. The number of halogens is 1. The van der Waals surface area contributed by atoms with E-state index in [4.69, 9.17) is 10.7 Å². The molecule has 13 heteroatoms. The fourth-order valence-electron chi connectivity index (χ4n) is 5.32. The molecule has 0 bridgehead atoms. The van der Waals surface area contributed by atoms with Crippen LogP contribution in [0.2, 0.25) is 0 Å². The Bertz CT molecular complexity index is 1530. The van der Waals surface area contributed by atoms with E-state index in [1.165, 1.54) is 23.0 Å². The first-order valence-corrected chi connectivity index (χ1v) is 13.9. The van der Waals surface area contributed by atoms with Gasteiger partial charge in [0.25, 0.3) is 5.91 Å². The highest BCUT2D eigenvalue weighted by molar-refractivity contribution is 6.03. The summed E-state index contributed by atoms with van der Waals surface area (Å²) in [5.74, 6) is 0.769. The van der Waals surface area contributed by atoms with Crippen molar-refractivity contribution in [2.45, 2.75) is 56.7 Å². The number of aliphatic hydroxyl groups is 1. The maximum absolute atomic E-state index is 14.2. The van der Waals surface area contributed by atoms with Gasteiger partial charge in [-0.3, -0.25) is 9.78 Å². The van der Waals surface area contributed by atoms with E-state index in [-0.39, 0.29) is 29.6 Å². The van der Waals surface area contributed by atoms with Gasteiger partial charge in [-0.1, -0.05) is 6.07 Å². The minimum Gasteiger partial charge on any atom is -0.393 e. The van der Waals surface area contributed by atoms with E-state index < -0.39 is 11.7 Å². The molecule has 2 fully saturated rings. The molecule has 214 valence electrons.